The number of methoxy groups -OCH3 is 2. The van der Waals surface area contributed by atoms with Crippen LogP contribution in [0.15, 0.2) is 27.6 Å². The highest BCUT2D eigenvalue weighted by atomic mass is 16.5. The first kappa shape index (κ1) is 10.6. The van der Waals surface area contributed by atoms with Crippen molar-refractivity contribution in [2.75, 3.05) is 14.2 Å². The largest absolute Gasteiger partial charge is 0.493 e. The quantitative estimate of drug-likeness (QED) is 0.744. The molecule has 0 fully saturated rings. The highest BCUT2D eigenvalue weighted by molar-refractivity contribution is 6.03. The number of aromatic amines is 1. The molecule has 0 aliphatic heterocycles. The first-order valence-corrected chi connectivity index (χ1v) is 5.26. The number of nitrogens with zero attached hydrogens (tertiary/aromatic N) is 1. The van der Waals surface area contributed by atoms with Crippen molar-refractivity contribution < 1.29 is 14.0 Å². The fraction of sp³-hybridized carbons (Fsp3) is 0.167. The highest BCUT2D eigenvalue weighted by Crippen LogP contribution is 2.33. The van der Waals surface area contributed by atoms with E-state index in [1.54, 1.807) is 26.4 Å². The van der Waals surface area contributed by atoms with Gasteiger partial charge in [-0.25, -0.2) is 9.95 Å². The molecule has 0 bridgehead atoms. The summed E-state index contributed by atoms with van der Waals surface area (Å²) in [5, 5.41) is 3.75. The van der Waals surface area contributed by atoms with Crippen LogP contribution in [0.5, 0.6) is 11.5 Å². The highest BCUT2D eigenvalue weighted by Gasteiger charge is 2.12. The molecule has 0 radical (unpaired) electrons. The molecule has 2 aromatic heterocycles. The lowest BCUT2D eigenvalue weighted by molar-refractivity contribution is 0.356. The van der Waals surface area contributed by atoms with E-state index in [2.05, 4.69) is 10.1 Å². The number of hydrogen-bond acceptors (Lipinski definition) is 5. The van der Waals surface area contributed by atoms with E-state index in [-0.39, 0.29) is 0 Å². The van der Waals surface area contributed by atoms with Crippen LogP contribution >= 0.6 is 0 Å². The molecule has 3 aromatic rings. The predicted octanol–water partition coefficient (Wildman–Crippen LogP) is 1.69. The van der Waals surface area contributed by atoms with Gasteiger partial charge in [0.05, 0.1) is 25.3 Å². The van der Waals surface area contributed by atoms with Gasteiger partial charge in [0, 0.05) is 17.6 Å². The molecule has 2 heterocycles. The van der Waals surface area contributed by atoms with Gasteiger partial charge in [-0.3, -0.25) is 4.98 Å². The number of H-pyrrole nitrogens is 1. The fourth-order valence-electron chi connectivity index (χ4n) is 1.94. The number of nitrogens with one attached hydrogen (secondary N) is 1. The molecule has 1 N–H and O–H groups in total. The molecule has 1 aromatic carbocycles. The Kier molecular flexibility index (Phi) is 2.22. The third-order valence-corrected chi connectivity index (χ3v) is 2.84. The summed E-state index contributed by atoms with van der Waals surface area (Å²) < 4.78 is 15.2. The summed E-state index contributed by atoms with van der Waals surface area (Å²) in [5.41, 5.74) is 0.859. The lowest BCUT2D eigenvalue weighted by atomic mass is 10.1. The van der Waals surface area contributed by atoms with Crippen LogP contribution in [0.1, 0.15) is 0 Å². The molecule has 0 amide bonds. The number of fused-ring (bicyclic) bond motifs is 3. The smallest absolute Gasteiger partial charge is 0.366 e. The Bertz CT molecular complexity index is 788. The lowest BCUT2D eigenvalue weighted by Gasteiger charge is -2.08. The van der Waals surface area contributed by atoms with Gasteiger partial charge < -0.3 is 14.0 Å². The maximum atomic E-state index is 11.4. The molecule has 92 valence electrons. The van der Waals surface area contributed by atoms with Crippen LogP contribution in [0, 0.1) is 0 Å². The van der Waals surface area contributed by atoms with Crippen LogP contribution in [0.3, 0.4) is 0 Å². The van der Waals surface area contributed by atoms with Crippen LogP contribution in [0.2, 0.25) is 0 Å². The van der Waals surface area contributed by atoms with E-state index >= 15 is 0 Å². The summed E-state index contributed by atoms with van der Waals surface area (Å²) in [7, 11) is 3.11. The number of pyridine rings is 1. The summed E-state index contributed by atoms with van der Waals surface area (Å²) in [6, 6.07) is 3.51. The normalized spacial score (nSPS) is 11.0. The first-order chi connectivity index (χ1) is 8.74. The van der Waals surface area contributed by atoms with Crippen molar-refractivity contribution >= 4 is 21.8 Å². The van der Waals surface area contributed by atoms with Gasteiger partial charge in [0.1, 0.15) is 5.39 Å². The van der Waals surface area contributed by atoms with E-state index in [0.717, 1.165) is 5.39 Å². The number of aromatic nitrogens is 2. The van der Waals surface area contributed by atoms with Crippen molar-refractivity contribution in [3.8, 4) is 11.5 Å². The maximum absolute atomic E-state index is 11.4. The molecule has 0 spiro atoms. The van der Waals surface area contributed by atoms with E-state index in [4.69, 9.17) is 14.0 Å². The predicted molar refractivity (Wildman–Crippen MR) is 65.2 cm³/mol. The first-order valence-electron chi connectivity index (χ1n) is 5.26. The van der Waals surface area contributed by atoms with Crippen molar-refractivity contribution in [3.63, 3.8) is 0 Å². The minimum absolute atomic E-state index is 0.412. The standard InChI is InChI=1S/C12H10N2O4/c1-16-9-3-6-8(4-10(9)17-2)13-5-7-11(6)14-18-12(7)15/h3-5,14H,1-2H3. The van der Waals surface area contributed by atoms with Gasteiger partial charge >= 0.3 is 5.63 Å². The van der Waals surface area contributed by atoms with E-state index in [1.807, 2.05) is 0 Å². The van der Waals surface area contributed by atoms with Crippen LogP contribution in [0.25, 0.3) is 21.8 Å². The Morgan fingerprint density at radius 2 is 1.89 bits per heavy atom. The Labute approximate surface area is 101 Å². The zero-order chi connectivity index (χ0) is 12.7. The zero-order valence-corrected chi connectivity index (χ0v) is 9.81. The summed E-state index contributed by atoms with van der Waals surface area (Å²) in [6.07, 6.45) is 1.48. The molecule has 3 rings (SSSR count). The third-order valence-electron chi connectivity index (χ3n) is 2.84. The lowest BCUT2D eigenvalue weighted by Crippen LogP contribution is -1.94. The van der Waals surface area contributed by atoms with Gasteiger partial charge in [-0.2, -0.15) is 0 Å². The number of benzene rings is 1. The molecule has 0 saturated heterocycles. The van der Waals surface area contributed by atoms with Gasteiger partial charge in [-0.15, -0.1) is 0 Å². The number of ether oxygens (including phenoxy) is 2. The molecule has 18 heavy (non-hydrogen) atoms. The van der Waals surface area contributed by atoms with Crippen molar-refractivity contribution in [2.45, 2.75) is 0 Å². The van der Waals surface area contributed by atoms with Gasteiger partial charge in [-0.1, -0.05) is 0 Å². The Balaban J connectivity index is 2.46. The molecule has 0 unspecified atom stereocenters. The van der Waals surface area contributed by atoms with Crippen molar-refractivity contribution in [1.29, 1.82) is 0 Å². The Morgan fingerprint density at radius 3 is 2.61 bits per heavy atom. The monoisotopic (exact) mass is 246 g/mol. The molecule has 0 aliphatic carbocycles. The van der Waals surface area contributed by atoms with Crippen LogP contribution in [-0.4, -0.2) is 24.4 Å². The summed E-state index contributed by atoms with van der Waals surface area (Å²) in [6.45, 7) is 0. The Hall–Kier alpha value is -2.50. The minimum atomic E-state index is -0.436. The maximum Gasteiger partial charge on any atom is 0.366 e. The van der Waals surface area contributed by atoms with E-state index in [1.165, 1.54) is 6.20 Å². The second kappa shape index (κ2) is 3.76. The number of rotatable bonds is 2. The van der Waals surface area contributed by atoms with Gasteiger partial charge in [0.15, 0.2) is 11.5 Å². The van der Waals surface area contributed by atoms with Crippen LogP contribution in [0.4, 0.5) is 0 Å². The molecule has 0 saturated carbocycles. The van der Waals surface area contributed by atoms with Crippen molar-refractivity contribution in [1.82, 2.24) is 10.1 Å². The summed E-state index contributed by atoms with van der Waals surface area (Å²) >= 11 is 0. The van der Waals surface area contributed by atoms with Gasteiger partial charge in [0.2, 0.25) is 0 Å². The third kappa shape index (κ3) is 1.35. The topological polar surface area (TPSA) is 77.4 Å². The van der Waals surface area contributed by atoms with E-state index in [0.29, 0.717) is 27.9 Å². The van der Waals surface area contributed by atoms with E-state index < -0.39 is 5.63 Å². The number of hydrogen-bond donors (Lipinski definition) is 1. The summed E-state index contributed by atoms with van der Waals surface area (Å²) in [4.78, 5) is 15.6. The van der Waals surface area contributed by atoms with Crippen molar-refractivity contribution in [3.05, 3.63) is 28.7 Å². The molecule has 6 heteroatoms. The van der Waals surface area contributed by atoms with Gasteiger partial charge in [0.25, 0.3) is 0 Å². The van der Waals surface area contributed by atoms with Crippen molar-refractivity contribution in [2.24, 2.45) is 0 Å². The average molecular weight is 246 g/mol. The second-order valence-electron chi connectivity index (χ2n) is 3.76. The van der Waals surface area contributed by atoms with Crippen LogP contribution < -0.4 is 15.1 Å². The zero-order valence-electron chi connectivity index (χ0n) is 9.81. The minimum Gasteiger partial charge on any atom is -0.493 e. The van der Waals surface area contributed by atoms with Crippen LogP contribution in [-0.2, 0) is 0 Å². The fourth-order valence-corrected chi connectivity index (χ4v) is 1.94. The average Bonchev–Trinajstić information content (AvgIpc) is 2.79. The Morgan fingerprint density at radius 1 is 1.17 bits per heavy atom. The molecule has 0 atom stereocenters. The summed E-state index contributed by atoms with van der Waals surface area (Å²) in [5.74, 6) is 1.16. The molecule has 0 aliphatic rings. The molecular weight excluding hydrogens is 236 g/mol. The molecule has 6 nitrogen and oxygen atoms in total. The molecular formula is C12H10N2O4. The van der Waals surface area contributed by atoms with E-state index in [9.17, 15) is 4.79 Å². The SMILES string of the molecule is COc1cc2ncc3c(=O)o[nH]c3c2cc1OC. The van der Waals surface area contributed by atoms with Gasteiger partial charge in [-0.05, 0) is 6.07 Å². The second-order valence-corrected chi connectivity index (χ2v) is 3.76.